The highest BCUT2D eigenvalue weighted by atomic mass is 35.5. The number of carbonyl (C=O) groups excluding carboxylic acids is 2. The third kappa shape index (κ3) is 4.97. The lowest BCUT2D eigenvalue weighted by Crippen LogP contribution is -2.28. The van der Waals surface area contributed by atoms with Crippen molar-refractivity contribution >= 4 is 45.0 Å². The van der Waals surface area contributed by atoms with Crippen LogP contribution >= 0.6 is 11.6 Å². The highest BCUT2D eigenvalue weighted by molar-refractivity contribution is 7.90. The summed E-state index contributed by atoms with van der Waals surface area (Å²) in [4.78, 5) is 28.6. The first-order valence-corrected chi connectivity index (χ1v) is 11.0. The second-order valence-corrected chi connectivity index (χ2v) is 8.77. The number of amidine groups is 1. The number of sulfonamides is 1. The molecule has 164 valence electrons. The fourth-order valence-electron chi connectivity index (χ4n) is 2.85. The van der Waals surface area contributed by atoms with Crippen LogP contribution in [0.4, 0.5) is 5.69 Å². The molecule has 9 nitrogen and oxygen atoms in total. The van der Waals surface area contributed by atoms with Gasteiger partial charge in [0.15, 0.2) is 6.61 Å². The maximum atomic E-state index is 12.3. The van der Waals surface area contributed by atoms with Crippen molar-refractivity contribution in [2.24, 2.45) is 4.99 Å². The topological polar surface area (TPSA) is 123 Å². The molecule has 0 bridgehead atoms. The number of carbonyl (C=O) groups is 2. The molecule has 0 aliphatic carbocycles. The van der Waals surface area contributed by atoms with Crippen LogP contribution in [-0.2, 0) is 24.3 Å². The maximum Gasteiger partial charge on any atom is 0.331 e. The number of fused-ring (bicyclic) bond motifs is 1. The van der Waals surface area contributed by atoms with E-state index in [1.54, 1.807) is 37.3 Å². The van der Waals surface area contributed by atoms with Crippen molar-refractivity contribution in [1.29, 1.82) is 0 Å². The quantitative estimate of drug-likeness (QED) is 0.631. The molecule has 0 saturated carbocycles. The van der Waals surface area contributed by atoms with E-state index >= 15 is 0 Å². The number of ether oxygens (including phenoxy) is 2. The van der Waals surface area contributed by atoms with Gasteiger partial charge in [-0.05, 0) is 37.6 Å². The number of hydrogen-bond acceptors (Lipinski definition) is 7. The first-order valence-electron chi connectivity index (χ1n) is 9.13. The highest BCUT2D eigenvalue weighted by Gasteiger charge is 2.31. The molecule has 1 amide bonds. The minimum absolute atomic E-state index is 0.0471. The van der Waals surface area contributed by atoms with E-state index in [0.29, 0.717) is 22.0 Å². The molecule has 1 atom stereocenters. The summed E-state index contributed by atoms with van der Waals surface area (Å²) in [6.45, 7) is 2.66. The van der Waals surface area contributed by atoms with Gasteiger partial charge in [-0.3, -0.25) is 14.5 Å². The smallest absolute Gasteiger partial charge is 0.331 e. The fourth-order valence-corrected chi connectivity index (χ4v) is 4.24. The summed E-state index contributed by atoms with van der Waals surface area (Å²) in [6, 6.07) is 8.45. The predicted molar refractivity (Wildman–Crippen MR) is 115 cm³/mol. The third-order valence-corrected chi connectivity index (χ3v) is 6.23. The van der Waals surface area contributed by atoms with Gasteiger partial charge in [-0.25, -0.2) is 13.2 Å². The molecule has 0 spiro atoms. The summed E-state index contributed by atoms with van der Waals surface area (Å²) < 4.78 is 36.8. The number of rotatable bonds is 6. The second-order valence-electron chi connectivity index (χ2n) is 6.71. The summed E-state index contributed by atoms with van der Waals surface area (Å²) in [5.74, 6) is -0.960. The standard InChI is InChI=1S/C20H20ClN3O6S/c1-11-8-15(16(29-3)9-14(11)21)23-18(25)10-30-20(26)12(2)22-19-13-6-4-5-7-17(13)31(27,28)24-19/h4-9,12H,10H2,1-3H3,(H,22,24)(H,23,25)/t12-/m0/s1. The van der Waals surface area contributed by atoms with Crippen LogP contribution in [0, 0.1) is 6.92 Å². The molecule has 0 saturated heterocycles. The fraction of sp³-hybridized carbons (Fsp3) is 0.250. The molecule has 3 rings (SSSR count). The van der Waals surface area contributed by atoms with Crippen molar-refractivity contribution < 1.29 is 27.5 Å². The Kier molecular flexibility index (Phi) is 6.51. The average Bonchev–Trinajstić information content (AvgIpc) is 2.98. The van der Waals surface area contributed by atoms with Gasteiger partial charge in [0.05, 0.1) is 17.7 Å². The molecule has 11 heteroatoms. The highest BCUT2D eigenvalue weighted by Crippen LogP contribution is 2.30. The number of benzene rings is 2. The molecule has 2 aromatic carbocycles. The molecule has 1 aliphatic rings. The minimum Gasteiger partial charge on any atom is -0.495 e. The number of hydrogen-bond donors (Lipinski definition) is 2. The van der Waals surface area contributed by atoms with Crippen LogP contribution in [0.15, 0.2) is 46.3 Å². The first-order chi connectivity index (χ1) is 14.6. The third-order valence-electron chi connectivity index (χ3n) is 4.43. The van der Waals surface area contributed by atoms with E-state index in [-0.39, 0.29) is 10.7 Å². The van der Waals surface area contributed by atoms with Crippen molar-refractivity contribution in [1.82, 2.24) is 4.72 Å². The number of methoxy groups -OCH3 is 1. The molecule has 2 aromatic rings. The van der Waals surface area contributed by atoms with Gasteiger partial charge in [-0.15, -0.1) is 0 Å². The number of aryl methyl sites for hydroxylation is 1. The SMILES string of the molecule is COc1cc(Cl)c(C)cc1NC(=O)COC(=O)[C@H](C)N=C1NS(=O)(=O)c2ccccc21. The van der Waals surface area contributed by atoms with Crippen molar-refractivity contribution in [3.05, 3.63) is 52.5 Å². The van der Waals surface area contributed by atoms with Crippen LogP contribution in [0.2, 0.25) is 5.02 Å². The number of halogens is 1. The van der Waals surface area contributed by atoms with Gasteiger partial charge >= 0.3 is 5.97 Å². The van der Waals surface area contributed by atoms with E-state index in [4.69, 9.17) is 21.1 Å². The van der Waals surface area contributed by atoms with Crippen LogP contribution < -0.4 is 14.8 Å². The molecule has 1 heterocycles. The van der Waals surface area contributed by atoms with Crippen LogP contribution in [0.25, 0.3) is 0 Å². The normalized spacial score (nSPS) is 16.2. The van der Waals surface area contributed by atoms with Crippen molar-refractivity contribution in [3.8, 4) is 5.75 Å². The number of aliphatic imine (C=N–C) groups is 1. The summed E-state index contributed by atoms with van der Waals surface area (Å²) in [5.41, 5.74) is 1.49. The monoisotopic (exact) mass is 465 g/mol. The zero-order valence-electron chi connectivity index (χ0n) is 16.9. The molecule has 0 fully saturated rings. The minimum atomic E-state index is -3.72. The van der Waals surface area contributed by atoms with E-state index < -0.39 is 34.5 Å². The number of esters is 1. The lowest BCUT2D eigenvalue weighted by molar-refractivity contribution is -0.148. The lowest BCUT2D eigenvalue weighted by atomic mass is 10.2. The Hall–Kier alpha value is -3.11. The second kappa shape index (κ2) is 8.94. The van der Waals surface area contributed by atoms with Gasteiger partial charge in [0.2, 0.25) is 0 Å². The summed E-state index contributed by atoms with van der Waals surface area (Å²) in [6.07, 6.45) is 0. The Morgan fingerprint density at radius 2 is 1.97 bits per heavy atom. The summed E-state index contributed by atoms with van der Waals surface area (Å²) >= 11 is 6.04. The van der Waals surface area contributed by atoms with Gasteiger partial charge in [-0.2, -0.15) is 0 Å². The van der Waals surface area contributed by atoms with Gasteiger partial charge in [-0.1, -0.05) is 23.7 Å². The van der Waals surface area contributed by atoms with E-state index in [9.17, 15) is 18.0 Å². The van der Waals surface area contributed by atoms with E-state index in [1.165, 1.54) is 20.1 Å². The molecule has 0 aromatic heterocycles. The number of nitrogens with one attached hydrogen (secondary N) is 2. The molecular formula is C20H20ClN3O6S. The predicted octanol–water partition coefficient (Wildman–Crippen LogP) is 2.27. The van der Waals surface area contributed by atoms with Gasteiger partial charge in [0.25, 0.3) is 15.9 Å². The summed E-state index contributed by atoms with van der Waals surface area (Å²) in [7, 11) is -2.28. The number of amides is 1. The first kappa shape index (κ1) is 22.6. The Balaban J connectivity index is 1.63. The molecule has 31 heavy (non-hydrogen) atoms. The van der Waals surface area contributed by atoms with Crippen LogP contribution in [0.1, 0.15) is 18.1 Å². The van der Waals surface area contributed by atoms with Gasteiger partial charge in [0, 0.05) is 16.7 Å². The summed E-state index contributed by atoms with van der Waals surface area (Å²) in [5, 5.41) is 3.08. The average molecular weight is 466 g/mol. The number of anilines is 1. The van der Waals surface area contributed by atoms with Crippen molar-refractivity contribution in [2.45, 2.75) is 24.8 Å². The molecule has 0 radical (unpaired) electrons. The molecule has 2 N–H and O–H groups in total. The molecule has 0 unspecified atom stereocenters. The number of nitrogens with zero attached hydrogens (tertiary/aromatic N) is 1. The van der Waals surface area contributed by atoms with Crippen molar-refractivity contribution in [2.75, 3.05) is 19.0 Å². The Bertz CT molecular complexity index is 1180. The molecular weight excluding hydrogens is 446 g/mol. The van der Waals surface area contributed by atoms with Crippen molar-refractivity contribution in [3.63, 3.8) is 0 Å². The van der Waals surface area contributed by atoms with Crippen LogP contribution in [0.3, 0.4) is 0 Å². The lowest BCUT2D eigenvalue weighted by Gasteiger charge is -2.13. The van der Waals surface area contributed by atoms with E-state index in [2.05, 4.69) is 15.0 Å². The largest absolute Gasteiger partial charge is 0.495 e. The van der Waals surface area contributed by atoms with Crippen LogP contribution in [-0.4, -0.2) is 45.9 Å². The molecule has 1 aliphatic heterocycles. The van der Waals surface area contributed by atoms with E-state index in [0.717, 1.165) is 5.56 Å². The zero-order chi connectivity index (χ0) is 22.8. The van der Waals surface area contributed by atoms with Crippen LogP contribution in [0.5, 0.6) is 5.75 Å². The van der Waals surface area contributed by atoms with Gasteiger partial charge < -0.3 is 14.8 Å². The van der Waals surface area contributed by atoms with Gasteiger partial charge in [0.1, 0.15) is 17.6 Å². The van der Waals surface area contributed by atoms with E-state index in [1.807, 2.05) is 0 Å². The Morgan fingerprint density at radius 1 is 1.26 bits per heavy atom. The maximum absolute atomic E-state index is 12.3. The Labute approximate surface area is 184 Å². The zero-order valence-corrected chi connectivity index (χ0v) is 18.5. The Morgan fingerprint density at radius 3 is 2.68 bits per heavy atom.